The summed E-state index contributed by atoms with van der Waals surface area (Å²) in [5, 5.41) is 3.81. The SMILES string of the molecule is CC(C)CCNc1ccc(NS(=O)(=O)c2ccc(Cl)cc2)cc1. The third kappa shape index (κ3) is 5.44. The van der Waals surface area contributed by atoms with E-state index < -0.39 is 10.0 Å². The Balaban J connectivity index is 2.01. The van der Waals surface area contributed by atoms with Crippen LogP contribution in [0.15, 0.2) is 53.4 Å². The molecule has 2 N–H and O–H groups in total. The molecule has 2 aromatic carbocycles. The van der Waals surface area contributed by atoms with E-state index in [0.29, 0.717) is 16.6 Å². The van der Waals surface area contributed by atoms with Crippen molar-refractivity contribution in [3.05, 3.63) is 53.6 Å². The number of sulfonamides is 1. The molecule has 2 aromatic rings. The molecule has 0 aliphatic carbocycles. The Labute approximate surface area is 142 Å². The third-order valence-electron chi connectivity index (χ3n) is 3.31. The van der Waals surface area contributed by atoms with Gasteiger partial charge in [0, 0.05) is 22.9 Å². The standard InChI is InChI=1S/C17H21ClN2O2S/c1-13(2)11-12-19-15-5-7-16(8-6-15)20-23(21,22)17-9-3-14(18)4-10-17/h3-10,13,19-20H,11-12H2,1-2H3. The molecule has 6 heteroatoms. The van der Waals surface area contributed by atoms with Crippen molar-refractivity contribution in [2.24, 2.45) is 5.92 Å². The largest absolute Gasteiger partial charge is 0.385 e. The molecule has 0 bridgehead atoms. The van der Waals surface area contributed by atoms with Crippen molar-refractivity contribution >= 4 is 33.0 Å². The summed E-state index contributed by atoms with van der Waals surface area (Å²) >= 11 is 5.78. The quantitative estimate of drug-likeness (QED) is 0.765. The van der Waals surface area contributed by atoms with Crippen molar-refractivity contribution in [3.8, 4) is 0 Å². The molecular weight excluding hydrogens is 332 g/mol. The van der Waals surface area contributed by atoms with Crippen LogP contribution < -0.4 is 10.0 Å². The minimum Gasteiger partial charge on any atom is -0.385 e. The van der Waals surface area contributed by atoms with Gasteiger partial charge in [0.15, 0.2) is 0 Å². The van der Waals surface area contributed by atoms with Crippen molar-refractivity contribution in [2.75, 3.05) is 16.6 Å². The van der Waals surface area contributed by atoms with E-state index in [4.69, 9.17) is 11.6 Å². The molecule has 124 valence electrons. The van der Waals surface area contributed by atoms with Gasteiger partial charge in [0.05, 0.1) is 4.90 Å². The van der Waals surface area contributed by atoms with E-state index in [0.717, 1.165) is 18.7 Å². The van der Waals surface area contributed by atoms with E-state index >= 15 is 0 Å². The molecule has 0 amide bonds. The molecule has 0 saturated carbocycles. The highest BCUT2D eigenvalue weighted by Crippen LogP contribution is 2.20. The maximum absolute atomic E-state index is 12.3. The highest BCUT2D eigenvalue weighted by molar-refractivity contribution is 7.92. The van der Waals surface area contributed by atoms with Gasteiger partial charge in [0.1, 0.15) is 0 Å². The number of nitrogens with one attached hydrogen (secondary N) is 2. The molecule has 0 aliphatic rings. The minimum atomic E-state index is -3.60. The molecule has 2 rings (SSSR count). The zero-order valence-electron chi connectivity index (χ0n) is 13.2. The fourth-order valence-corrected chi connectivity index (χ4v) is 3.17. The van der Waals surface area contributed by atoms with E-state index in [1.165, 1.54) is 12.1 Å². The smallest absolute Gasteiger partial charge is 0.261 e. The van der Waals surface area contributed by atoms with E-state index in [9.17, 15) is 8.42 Å². The minimum absolute atomic E-state index is 0.182. The monoisotopic (exact) mass is 352 g/mol. The summed E-state index contributed by atoms with van der Waals surface area (Å²) in [6, 6.07) is 13.3. The first-order chi connectivity index (χ1) is 10.9. The number of hydrogen-bond donors (Lipinski definition) is 2. The van der Waals surface area contributed by atoms with Gasteiger partial charge in [-0.05, 0) is 60.9 Å². The molecular formula is C17H21ClN2O2S. The summed E-state index contributed by atoms with van der Waals surface area (Å²) in [6.45, 7) is 5.25. The van der Waals surface area contributed by atoms with Gasteiger partial charge < -0.3 is 5.32 Å². The van der Waals surface area contributed by atoms with Crippen LogP contribution in [-0.2, 0) is 10.0 Å². The molecule has 0 fully saturated rings. The van der Waals surface area contributed by atoms with E-state index in [2.05, 4.69) is 23.9 Å². The maximum Gasteiger partial charge on any atom is 0.261 e. The average Bonchev–Trinajstić information content (AvgIpc) is 2.49. The lowest BCUT2D eigenvalue weighted by Gasteiger charge is -2.11. The number of hydrogen-bond acceptors (Lipinski definition) is 3. The molecule has 0 unspecified atom stereocenters. The van der Waals surface area contributed by atoms with Gasteiger partial charge >= 0.3 is 0 Å². The van der Waals surface area contributed by atoms with Gasteiger partial charge in [-0.3, -0.25) is 4.72 Å². The van der Waals surface area contributed by atoms with Crippen LogP contribution in [0.4, 0.5) is 11.4 Å². The molecule has 0 saturated heterocycles. The number of rotatable bonds is 7. The lowest BCUT2D eigenvalue weighted by Crippen LogP contribution is -2.12. The van der Waals surface area contributed by atoms with Crippen LogP contribution in [0.2, 0.25) is 5.02 Å². The Bertz CT molecular complexity index is 726. The van der Waals surface area contributed by atoms with Crippen molar-refractivity contribution in [1.82, 2.24) is 0 Å². The molecule has 0 aliphatic heterocycles. The van der Waals surface area contributed by atoms with E-state index in [1.54, 1.807) is 24.3 Å². The van der Waals surface area contributed by atoms with Gasteiger partial charge in [-0.25, -0.2) is 8.42 Å². The van der Waals surface area contributed by atoms with E-state index in [1.807, 2.05) is 12.1 Å². The zero-order valence-corrected chi connectivity index (χ0v) is 14.8. The highest BCUT2D eigenvalue weighted by atomic mass is 35.5. The first-order valence-corrected chi connectivity index (χ1v) is 9.35. The second kappa shape index (κ2) is 7.70. The van der Waals surface area contributed by atoms with Crippen LogP contribution in [-0.4, -0.2) is 15.0 Å². The lowest BCUT2D eigenvalue weighted by molar-refractivity contribution is 0.601. The molecule has 0 heterocycles. The van der Waals surface area contributed by atoms with Crippen molar-refractivity contribution < 1.29 is 8.42 Å². The van der Waals surface area contributed by atoms with Crippen molar-refractivity contribution in [3.63, 3.8) is 0 Å². The topological polar surface area (TPSA) is 58.2 Å². The number of benzene rings is 2. The third-order valence-corrected chi connectivity index (χ3v) is 4.96. The van der Waals surface area contributed by atoms with Gasteiger partial charge in [-0.2, -0.15) is 0 Å². The highest BCUT2D eigenvalue weighted by Gasteiger charge is 2.13. The molecule has 0 aromatic heterocycles. The van der Waals surface area contributed by atoms with Gasteiger partial charge in [0.25, 0.3) is 10.0 Å². The molecule has 0 spiro atoms. The fraction of sp³-hybridized carbons (Fsp3) is 0.294. The zero-order chi connectivity index (χ0) is 16.9. The average molecular weight is 353 g/mol. The number of anilines is 2. The molecule has 4 nitrogen and oxygen atoms in total. The van der Waals surface area contributed by atoms with Crippen molar-refractivity contribution in [2.45, 2.75) is 25.2 Å². The number of halogens is 1. The fourth-order valence-electron chi connectivity index (χ4n) is 1.99. The Morgan fingerprint density at radius 1 is 0.957 bits per heavy atom. The summed E-state index contributed by atoms with van der Waals surface area (Å²) in [7, 11) is -3.60. The van der Waals surface area contributed by atoms with Gasteiger partial charge in [-0.1, -0.05) is 25.4 Å². The second-order valence-electron chi connectivity index (χ2n) is 5.75. The van der Waals surface area contributed by atoms with Crippen LogP contribution >= 0.6 is 11.6 Å². The van der Waals surface area contributed by atoms with Crippen LogP contribution in [0.25, 0.3) is 0 Å². The van der Waals surface area contributed by atoms with Gasteiger partial charge in [0.2, 0.25) is 0 Å². The van der Waals surface area contributed by atoms with Crippen LogP contribution in [0.1, 0.15) is 20.3 Å². The van der Waals surface area contributed by atoms with Crippen LogP contribution in [0.5, 0.6) is 0 Å². The molecule has 0 atom stereocenters. The Kier molecular flexibility index (Phi) is 5.91. The first-order valence-electron chi connectivity index (χ1n) is 7.49. The Morgan fingerprint density at radius 2 is 1.52 bits per heavy atom. The summed E-state index contributed by atoms with van der Waals surface area (Å²) < 4.78 is 27.1. The summed E-state index contributed by atoms with van der Waals surface area (Å²) in [4.78, 5) is 0.182. The first kappa shape index (κ1) is 17.6. The Hall–Kier alpha value is -1.72. The summed E-state index contributed by atoms with van der Waals surface area (Å²) in [5.41, 5.74) is 1.49. The maximum atomic E-state index is 12.3. The van der Waals surface area contributed by atoms with Gasteiger partial charge in [-0.15, -0.1) is 0 Å². The predicted molar refractivity (Wildman–Crippen MR) is 96.6 cm³/mol. The lowest BCUT2D eigenvalue weighted by atomic mass is 10.1. The summed E-state index contributed by atoms with van der Waals surface area (Å²) in [5.74, 6) is 0.646. The van der Waals surface area contributed by atoms with Crippen LogP contribution in [0.3, 0.4) is 0 Å². The summed E-state index contributed by atoms with van der Waals surface area (Å²) in [6.07, 6.45) is 1.09. The normalized spacial score (nSPS) is 11.5. The predicted octanol–water partition coefficient (Wildman–Crippen LogP) is 4.60. The van der Waals surface area contributed by atoms with Crippen molar-refractivity contribution in [1.29, 1.82) is 0 Å². The van der Waals surface area contributed by atoms with E-state index in [-0.39, 0.29) is 4.90 Å². The molecule has 23 heavy (non-hydrogen) atoms. The Morgan fingerprint density at radius 3 is 2.09 bits per heavy atom. The van der Waals surface area contributed by atoms with Crippen LogP contribution in [0, 0.1) is 5.92 Å². The second-order valence-corrected chi connectivity index (χ2v) is 7.86. The molecule has 0 radical (unpaired) electrons.